The van der Waals surface area contributed by atoms with Gasteiger partial charge in [-0.3, -0.25) is 4.90 Å². The summed E-state index contributed by atoms with van der Waals surface area (Å²) in [5, 5.41) is 6.11. The van der Waals surface area contributed by atoms with Crippen molar-refractivity contribution in [2.75, 3.05) is 44.3 Å². The molecule has 2 aromatic heterocycles. The average molecular weight is 465 g/mol. The fraction of sp³-hybridized carbons (Fsp3) is 0.480. The number of benzene rings is 1. The topological polar surface area (TPSA) is 59.7 Å². The van der Waals surface area contributed by atoms with E-state index in [1.54, 1.807) is 0 Å². The molecule has 5 heterocycles. The molecule has 7 nitrogen and oxygen atoms in total. The highest BCUT2D eigenvalue weighted by Crippen LogP contribution is 2.38. The van der Waals surface area contributed by atoms with Crippen LogP contribution < -0.4 is 10.2 Å². The van der Waals surface area contributed by atoms with Gasteiger partial charge in [-0.25, -0.2) is 4.98 Å². The Kier molecular flexibility index (Phi) is 5.62. The third kappa shape index (κ3) is 4.17. The van der Waals surface area contributed by atoms with Gasteiger partial charge < -0.3 is 24.8 Å². The molecule has 1 aromatic carbocycles. The third-order valence-electron chi connectivity index (χ3n) is 6.80. The second-order valence-electron chi connectivity index (χ2n) is 9.50. The van der Waals surface area contributed by atoms with Crippen LogP contribution in [0.3, 0.4) is 0 Å². The van der Waals surface area contributed by atoms with Crippen molar-refractivity contribution in [3.63, 3.8) is 0 Å². The number of aromatic amines is 1. The van der Waals surface area contributed by atoms with Gasteiger partial charge in [-0.15, -0.1) is 11.3 Å². The van der Waals surface area contributed by atoms with Crippen LogP contribution in [0, 0.1) is 0 Å². The predicted octanol–water partition coefficient (Wildman–Crippen LogP) is 3.46. The van der Waals surface area contributed by atoms with E-state index in [2.05, 4.69) is 69.3 Å². The molecule has 0 bridgehead atoms. The quantitative estimate of drug-likeness (QED) is 0.617. The Balaban J connectivity index is 1.34. The summed E-state index contributed by atoms with van der Waals surface area (Å²) >= 11 is 1.88. The van der Waals surface area contributed by atoms with Gasteiger partial charge in [0.2, 0.25) is 0 Å². The molecule has 8 heteroatoms. The van der Waals surface area contributed by atoms with Gasteiger partial charge in [-0.1, -0.05) is 6.07 Å². The van der Waals surface area contributed by atoms with Gasteiger partial charge in [-0.05, 0) is 32.0 Å². The highest BCUT2D eigenvalue weighted by molar-refractivity contribution is 7.12. The standard InChI is InChI=1S/C25H32N6OS/c1-17-12-29(13-18(2)27-17)16-24-28-21-14-31(22-5-3-4-20-19(22)6-7-26-20)15-23(25(21)33-24)30-8-10-32-11-9-30/h3-7,15,17-18,26-27H,8-14,16H2,1-2H3. The van der Waals surface area contributed by atoms with Crippen molar-refractivity contribution in [2.45, 2.75) is 39.0 Å². The fourth-order valence-corrected chi connectivity index (χ4v) is 6.61. The van der Waals surface area contributed by atoms with E-state index in [4.69, 9.17) is 9.72 Å². The second-order valence-corrected chi connectivity index (χ2v) is 10.6. The first-order chi connectivity index (χ1) is 16.1. The SMILES string of the molecule is CC1CN(Cc2nc3c(s2)C(N2CCOCC2)=CN(c2cccc4[nH]ccc24)C3)CC(C)N1. The molecule has 174 valence electrons. The molecule has 3 aliphatic rings. The van der Waals surface area contributed by atoms with Gasteiger partial charge in [0.1, 0.15) is 5.01 Å². The average Bonchev–Trinajstić information content (AvgIpc) is 3.44. The van der Waals surface area contributed by atoms with E-state index < -0.39 is 0 Å². The molecule has 3 aromatic rings. The normalized spacial score (nSPS) is 24.2. The van der Waals surface area contributed by atoms with E-state index in [1.807, 2.05) is 17.5 Å². The van der Waals surface area contributed by atoms with Crippen LogP contribution in [0.4, 0.5) is 5.69 Å². The molecule has 0 radical (unpaired) electrons. The smallest absolute Gasteiger partial charge is 0.108 e. The Labute approximate surface area is 199 Å². The molecule has 6 rings (SSSR count). The van der Waals surface area contributed by atoms with Gasteiger partial charge in [0.05, 0.1) is 48.3 Å². The van der Waals surface area contributed by atoms with Gasteiger partial charge in [0, 0.05) is 61.6 Å². The first-order valence-corrected chi connectivity index (χ1v) is 12.8. The highest BCUT2D eigenvalue weighted by atomic mass is 32.1. The van der Waals surface area contributed by atoms with Crippen LogP contribution in [0.2, 0.25) is 0 Å². The number of thiazole rings is 1. The van der Waals surface area contributed by atoms with Crippen LogP contribution >= 0.6 is 11.3 Å². The number of hydrogen-bond acceptors (Lipinski definition) is 7. The summed E-state index contributed by atoms with van der Waals surface area (Å²) < 4.78 is 5.65. The summed E-state index contributed by atoms with van der Waals surface area (Å²) in [6.07, 6.45) is 4.36. The van der Waals surface area contributed by atoms with Crippen LogP contribution in [0.25, 0.3) is 16.6 Å². The van der Waals surface area contributed by atoms with Crippen LogP contribution in [0.5, 0.6) is 0 Å². The lowest BCUT2D eigenvalue weighted by Crippen LogP contribution is -2.53. The Hall–Kier alpha value is -2.39. The van der Waals surface area contributed by atoms with E-state index in [0.717, 1.165) is 52.5 Å². The van der Waals surface area contributed by atoms with E-state index in [0.29, 0.717) is 12.1 Å². The van der Waals surface area contributed by atoms with Crippen LogP contribution in [-0.2, 0) is 17.8 Å². The number of nitrogens with one attached hydrogen (secondary N) is 2. The number of H-pyrrole nitrogens is 1. The summed E-state index contributed by atoms with van der Waals surface area (Å²) in [5.74, 6) is 0. The van der Waals surface area contributed by atoms with Crippen molar-refractivity contribution in [3.05, 3.63) is 52.2 Å². The minimum atomic E-state index is 0.518. The Morgan fingerprint density at radius 3 is 2.76 bits per heavy atom. The maximum absolute atomic E-state index is 5.65. The van der Waals surface area contributed by atoms with Crippen molar-refractivity contribution in [1.82, 2.24) is 25.1 Å². The minimum Gasteiger partial charge on any atom is -0.378 e. The number of morpholine rings is 1. The Morgan fingerprint density at radius 1 is 1.12 bits per heavy atom. The molecule has 2 atom stereocenters. The third-order valence-corrected chi connectivity index (χ3v) is 7.90. The molecule has 3 aliphatic heterocycles. The van der Waals surface area contributed by atoms with Gasteiger partial charge >= 0.3 is 0 Å². The van der Waals surface area contributed by atoms with Crippen LogP contribution in [0.1, 0.15) is 29.4 Å². The number of hydrogen-bond donors (Lipinski definition) is 2. The summed E-state index contributed by atoms with van der Waals surface area (Å²) in [6.45, 7) is 11.8. The maximum atomic E-state index is 5.65. The second kappa shape index (κ2) is 8.76. The van der Waals surface area contributed by atoms with E-state index in [1.165, 1.54) is 37.9 Å². The van der Waals surface area contributed by atoms with E-state index >= 15 is 0 Å². The summed E-state index contributed by atoms with van der Waals surface area (Å²) in [7, 11) is 0. The molecule has 2 saturated heterocycles. The van der Waals surface area contributed by atoms with Crippen molar-refractivity contribution < 1.29 is 4.74 Å². The summed E-state index contributed by atoms with van der Waals surface area (Å²) in [4.78, 5) is 17.3. The summed E-state index contributed by atoms with van der Waals surface area (Å²) in [6, 6.07) is 9.68. The molecule has 2 unspecified atom stereocenters. The molecule has 0 saturated carbocycles. The van der Waals surface area contributed by atoms with Gasteiger partial charge in [-0.2, -0.15) is 0 Å². The molecule has 0 aliphatic carbocycles. The van der Waals surface area contributed by atoms with Crippen molar-refractivity contribution in [3.8, 4) is 0 Å². The largest absolute Gasteiger partial charge is 0.378 e. The predicted molar refractivity (Wildman–Crippen MR) is 134 cm³/mol. The molecular weight excluding hydrogens is 432 g/mol. The van der Waals surface area contributed by atoms with Crippen molar-refractivity contribution >= 4 is 33.6 Å². The minimum absolute atomic E-state index is 0.518. The van der Waals surface area contributed by atoms with Gasteiger partial charge in [0.15, 0.2) is 0 Å². The van der Waals surface area contributed by atoms with E-state index in [-0.39, 0.29) is 0 Å². The number of nitrogens with zero attached hydrogens (tertiary/aromatic N) is 4. The molecule has 2 fully saturated rings. The van der Waals surface area contributed by atoms with E-state index in [9.17, 15) is 0 Å². The molecule has 2 N–H and O–H groups in total. The number of ether oxygens (including phenoxy) is 1. The molecule has 0 spiro atoms. The Bertz CT molecular complexity index is 1150. The van der Waals surface area contributed by atoms with Crippen LogP contribution in [0.15, 0.2) is 36.7 Å². The van der Waals surface area contributed by atoms with Gasteiger partial charge in [0.25, 0.3) is 0 Å². The van der Waals surface area contributed by atoms with Crippen molar-refractivity contribution in [2.24, 2.45) is 0 Å². The zero-order valence-corrected chi connectivity index (χ0v) is 20.2. The molecule has 33 heavy (non-hydrogen) atoms. The molecular formula is C25H32N6OS. The zero-order valence-electron chi connectivity index (χ0n) is 19.4. The highest BCUT2D eigenvalue weighted by Gasteiger charge is 2.29. The lowest BCUT2D eigenvalue weighted by atomic mass is 10.1. The number of fused-ring (bicyclic) bond motifs is 2. The fourth-order valence-electron chi connectivity index (χ4n) is 5.45. The summed E-state index contributed by atoms with van der Waals surface area (Å²) in [5.41, 5.74) is 4.88. The number of piperazine rings is 1. The number of anilines is 1. The van der Waals surface area contributed by atoms with Crippen molar-refractivity contribution in [1.29, 1.82) is 0 Å². The first kappa shape index (κ1) is 21.2. The lowest BCUT2D eigenvalue weighted by molar-refractivity contribution is 0.0638. The monoisotopic (exact) mass is 464 g/mol. The number of aromatic nitrogens is 2. The maximum Gasteiger partial charge on any atom is 0.108 e. The number of rotatable bonds is 4. The van der Waals surface area contributed by atoms with Crippen LogP contribution in [-0.4, -0.2) is 71.2 Å². The Morgan fingerprint density at radius 2 is 1.94 bits per heavy atom. The lowest BCUT2D eigenvalue weighted by Gasteiger charge is -2.35. The zero-order chi connectivity index (χ0) is 22.4. The first-order valence-electron chi connectivity index (χ1n) is 12.0. The molecule has 0 amide bonds.